The highest BCUT2D eigenvalue weighted by Crippen LogP contribution is 2.32. The quantitative estimate of drug-likeness (QED) is 0.582. The highest BCUT2D eigenvalue weighted by Gasteiger charge is 2.24. The van der Waals surface area contributed by atoms with Crippen molar-refractivity contribution in [2.75, 3.05) is 0 Å². The van der Waals surface area contributed by atoms with Crippen molar-refractivity contribution < 1.29 is 0 Å². The smallest absolute Gasteiger partial charge is 0.313 e. The van der Waals surface area contributed by atoms with Gasteiger partial charge >= 0.3 is 5.69 Å². The molecular formula is C6H8N2O. The van der Waals surface area contributed by atoms with E-state index in [0.29, 0.717) is 6.04 Å². The number of nitrogens with zero attached hydrogens (tertiary/aromatic N) is 1. The van der Waals surface area contributed by atoms with Crippen molar-refractivity contribution in [2.24, 2.45) is 0 Å². The number of hydrogen-bond acceptors (Lipinski definition) is 1. The predicted octanol–water partition coefficient (Wildman–Crippen LogP) is 0.511. The molecule has 48 valence electrons. The molecule has 0 bridgehead atoms. The van der Waals surface area contributed by atoms with Gasteiger partial charge in [-0.1, -0.05) is 0 Å². The van der Waals surface area contributed by atoms with Gasteiger partial charge in [0.1, 0.15) is 0 Å². The summed E-state index contributed by atoms with van der Waals surface area (Å²) in [4.78, 5) is 13.4. The first-order valence-corrected chi connectivity index (χ1v) is 3.13. The Morgan fingerprint density at radius 3 is 2.89 bits per heavy atom. The van der Waals surface area contributed by atoms with Gasteiger partial charge in [-0.3, -0.25) is 4.57 Å². The molecule has 0 atom stereocenters. The molecule has 0 radical (unpaired) electrons. The normalized spacial score (nSPS) is 18.2. The minimum Gasteiger partial charge on any atom is -0.313 e. The fourth-order valence-corrected chi connectivity index (χ4v) is 0.971. The van der Waals surface area contributed by atoms with E-state index in [1.54, 1.807) is 17.0 Å². The monoisotopic (exact) mass is 124 g/mol. The van der Waals surface area contributed by atoms with Crippen LogP contribution < -0.4 is 5.69 Å². The first kappa shape index (κ1) is 4.85. The maximum Gasteiger partial charge on any atom is 0.325 e. The fourth-order valence-electron chi connectivity index (χ4n) is 0.971. The highest BCUT2D eigenvalue weighted by molar-refractivity contribution is 4.88. The van der Waals surface area contributed by atoms with Gasteiger partial charge in [0.15, 0.2) is 0 Å². The molecule has 0 spiro atoms. The van der Waals surface area contributed by atoms with Crippen molar-refractivity contribution in [2.45, 2.75) is 18.9 Å². The van der Waals surface area contributed by atoms with Gasteiger partial charge in [0.05, 0.1) is 0 Å². The summed E-state index contributed by atoms with van der Waals surface area (Å²) in [5, 5.41) is 0. The molecule has 0 amide bonds. The molecule has 1 saturated carbocycles. The van der Waals surface area contributed by atoms with Crippen LogP contribution >= 0.6 is 0 Å². The average Bonchev–Trinajstić information content (AvgIpc) is 2.58. The molecule has 1 aliphatic rings. The highest BCUT2D eigenvalue weighted by atomic mass is 16.1. The third-order valence-corrected chi connectivity index (χ3v) is 1.62. The van der Waals surface area contributed by atoms with Crippen molar-refractivity contribution in [1.29, 1.82) is 0 Å². The van der Waals surface area contributed by atoms with E-state index < -0.39 is 0 Å². The van der Waals surface area contributed by atoms with Crippen LogP contribution in [0.25, 0.3) is 0 Å². The van der Waals surface area contributed by atoms with Crippen LogP contribution in [0.15, 0.2) is 17.2 Å². The van der Waals surface area contributed by atoms with E-state index >= 15 is 0 Å². The molecule has 0 saturated heterocycles. The first-order chi connectivity index (χ1) is 4.38. The van der Waals surface area contributed by atoms with Gasteiger partial charge in [0.25, 0.3) is 0 Å². The van der Waals surface area contributed by atoms with Crippen molar-refractivity contribution in [3.8, 4) is 0 Å². The number of aromatic nitrogens is 2. The summed E-state index contributed by atoms with van der Waals surface area (Å²) in [6.07, 6.45) is 5.82. The Morgan fingerprint density at radius 1 is 1.67 bits per heavy atom. The van der Waals surface area contributed by atoms with Crippen LogP contribution in [-0.4, -0.2) is 9.55 Å². The van der Waals surface area contributed by atoms with E-state index in [0.717, 1.165) is 12.8 Å². The lowest BCUT2D eigenvalue weighted by Gasteiger charge is -1.90. The van der Waals surface area contributed by atoms with Crippen LogP contribution in [0, 0.1) is 0 Å². The molecule has 1 aliphatic carbocycles. The summed E-state index contributed by atoms with van der Waals surface area (Å²) in [5.41, 5.74) is 0.0255. The molecule has 9 heavy (non-hydrogen) atoms. The zero-order valence-electron chi connectivity index (χ0n) is 5.00. The summed E-state index contributed by atoms with van der Waals surface area (Å²) in [7, 11) is 0. The molecule has 1 fully saturated rings. The number of imidazole rings is 1. The van der Waals surface area contributed by atoms with Crippen molar-refractivity contribution in [1.82, 2.24) is 9.55 Å². The Hall–Kier alpha value is -0.990. The first-order valence-electron chi connectivity index (χ1n) is 3.13. The molecule has 1 aromatic rings. The Kier molecular flexibility index (Phi) is 0.806. The number of rotatable bonds is 1. The van der Waals surface area contributed by atoms with E-state index in [1.807, 2.05) is 0 Å². The van der Waals surface area contributed by atoms with Crippen LogP contribution in [0.1, 0.15) is 18.9 Å². The molecule has 2 rings (SSSR count). The summed E-state index contributed by atoms with van der Waals surface area (Å²) < 4.78 is 1.75. The second-order valence-corrected chi connectivity index (χ2v) is 2.40. The number of H-pyrrole nitrogens is 1. The standard InChI is InChI=1S/C6H8N2O/c9-6-7-3-4-8(6)5-1-2-5/h3-5H,1-2H2,(H,7,9). The van der Waals surface area contributed by atoms with Crippen LogP contribution in [0.3, 0.4) is 0 Å². The van der Waals surface area contributed by atoms with Crippen LogP contribution in [0.2, 0.25) is 0 Å². The zero-order chi connectivity index (χ0) is 6.27. The van der Waals surface area contributed by atoms with E-state index in [9.17, 15) is 4.79 Å². The van der Waals surface area contributed by atoms with Gasteiger partial charge in [-0.15, -0.1) is 0 Å². The lowest BCUT2D eigenvalue weighted by atomic mass is 10.7. The number of nitrogens with one attached hydrogen (secondary N) is 1. The SMILES string of the molecule is O=c1[nH]ccn1C1CC1. The van der Waals surface area contributed by atoms with Gasteiger partial charge in [0, 0.05) is 18.4 Å². The Bertz CT molecular complexity index is 256. The fraction of sp³-hybridized carbons (Fsp3) is 0.500. The molecule has 0 aliphatic heterocycles. The molecule has 0 aromatic carbocycles. The number of hydrogen-bond donors (Lipinski definition) is 1. The number of aromatic amines is 1. The summed E-state index contributed by atoms with van der Waals surface area (Å²) >= 11 is 0. The Morgan fingerprint density at radius 2 is 2.44 bits per heavy atom. The summed E-state index contributed by atoms with van der Waals surface area (Å²) in [6.45, 7) is 0. The minimum absolute atomic E-state index is 0.0255. The topological polar surface area (TPSA) is 37.8 Å². The predicted molar refractivity (Wildman–Crippen MR) is 33.3 cm³/mol. The van der Waals surface area contributed by atoms with Gasteiger partial charge in [-0.2, -0.15) is 0 Å². The van der Waals surface area contributed by atoms with Gasteiger partial charge in [0.2, 0.25) is 0 Å². The van der Waals surface area contributed by atoms with Gasteiger partial charge in [-0.05, 0) is 12.8 Å². The zero-order valence-corrected chi connectivity index (χ0v) is 5.00. The molecule has 1 aromatic heterocycles. The lowest BCUT2D eigenvalue weighted by molar-refractivity contribution is 0.710. The molecular weight excluding hydrogens is 116 g/mol. The van der Waals surface area contributed by atoms with E-state index in [1.165, 1.54) is 0 Å². The third-order valence-electron chi connectivity index (χ3n) is 1.62. The summed E-state index contributed by atoms with van der Waals surface area (Å²) in [5.74, 6) is 0. The molecule has 1 N–H and O–H groups in total. The van der Waals surface area contributed by atoms with Crippen LogP contribution in [-0.2, 0) is 0 Å². The molecule has 3 heteroatoms. The molecule has 3 nitrogen and oxygen atoms in total. The van der Waals surface area contributed by atoms with Gasteiger partial charge in [-0.25, -0.2) is 4.79 Å². The lowest BCUT2D eigenvalue weighted by Crippen LogP contribution is -2.14. The second-order valence-electron chi connectivity index (χ2n) is 2.40. The van der Waals surface area contributed by atoms with Crippen molar-refractivity contribution in [3.05, 3.63) is 22.9 Å². The molecule has 0 unspecified atom stereocenters. The van der Waals surface area contributed by atoms with Crippen molar-refractivity contribution >= 4 is 0 Å². The van der Waals surface area contributed by atoms with E-state index in [2.05, 4.69) is 4.98 Å². The largest absolute Gasteiger partial charge is 0.325 e. The Labute approximate surface area is 52.3 Å². The van der Waals surface area contributed by atoms with E-state index in [4.69, 9.17) is 0 Å². The van der Waals surface area contributed by atoms with Crippen LogP contribution in [0.5, 0.6) is 0 Å². The summed E-state index contributed by atoms with van der Waals surface area (Å²) in [6, 6.07) is 0.503. The van der Waals surface area contributed by atoms with Crippen LogP contribution in [0.4, 0.5) is 0 Å². The molecule has 1 heterocycles. The maximum absolute atomic E-state index is 10.8. The van der Waals surface area contributed by atoms with Crippen molar-refractivity contribution in [3.63, 3.8) is 0 Å². The Balaban J connectivity index is 2.47. The minimum atomic E-state index is 0.0255. The second kappa shape index (κ2) is 1.50. The van der Waals surface area contributed by atoms with Gasteiger partial charge < -0.3 is 4.98 Å². The maximum atomic E-state index is 10.8. The average molecular weight is 124 g/mol. The third kappa shape index (κ3) is 0.686. The van der Waals surface area contributed by atoms with E-state index in [-0.39, 0.29) is 5.69 Å².